The minimum atomic E-state index is 0.291. The van der Waals surface area contributed by atoms with Gasteiger partial charge >= 0.3 is 0 Å². The molecule has 0 unspecified atom stereocenters. The lowest BCUT2D eigenvalue weighted by atomic mass is 10.0. The summed E-state index contributed by atoms with van der Waals surface area (Å²) >= 11 is 0. The van der Waals surface area contributed by atoms with Gasteiger partial charge in [-0.15, -0.1) is 0 Å². The summed E-state index contributed by atoms with van der Waals surface area (Å²) < 4.78 is 0. The average molecular weight is 152 g/mol. The normalized spacial score (nSPS) is 26.5. The zero-order valence-corrected chi connectivity index (χ0v) is 6.92. The van der Waals surface area contributed by atoms with Crippen molar-refractivity contribution >= 4 is 0 Å². The summed E-state index contributed by atoms with van der Waals surface area (Å²) in [6.07, 6.45) is 12.3. The molecule has 62 valence electrons. The second kappa shape index (κ2) is 5.14. The molecule has 0 aromatic rings. The highest BCUT2D eigenvalue weighted by Crippen LogP contribution is 2.15. The molecule has 0 aliphatic heterocycles. The van der Waals surface area contributed by atoms with Gasteiger partial charge in [-0.05, 0) is 32.1 Å². The molecule has 1 aliphatic carbocycles. The van der Waals surface area contributed by atoms with Crippen molar-refractivity contribution in [2.24, 2.45) is 0 Å². The molecule has 0 fully saturated rings. The molecule has 0 heterocycles. The average Bonchev–Trinajstić information content (AvgIpc) is 1.94. The van der Waals surface area contributed by atoms with E-state index in [2.05, 4.69) is 18.2 Å². The second-order valence-corrected chi connectivity index (χ2v) is 2.97. The number of aliphatic hydroxyl groups is 1. The Morgan fingerprint density at radius 1 is 1.36 bits per heavy atom. The standard InChI is InChI=1S/C10H16O/c11-9-8-10-6-4-2-1-3-5-7-10/h2,4,6,11H,1,3,5,7-9H2/b4-2-,10-6+. The molecule has 0 bridgehead atoms. The number of allylic oxidation sites excluding steroid dienone is 3. The SMILES string of the molecule is OCC/C1=C/C=C\CCCC1. The van der Waals surface area contributed by atoms with Crippen LogP contribution in [0, 0.1) is 0 Å². The fourth-order valence-corrected chi connectivity index (χ4v) is 1.35. The van der Waals surface area contributed by atoms with Gasteiger partial charge in [0, 0.05) is 6.61 Å². The van der Waals surface area contributed by atoms with Crippen LogP contribution in [-0.2, 0) is 0 Å². The summed E-state index contributed by atoms with van der Waals surface area (Å²) in [5, 5.41) is 8.72. The molecule has 0 amide bonds. The van der Waals surface area contributed by atoms with Crippen molar-refractivity contribution in [3.63, 3.8) is 0 Å². The summed E-state index contributed by atoms with van der Waals surface area (Å²) in [6, 6.07) is 0. The Morgan fingerprint density at radius 3 is 3.09 bits per heavy atom. The molecule has 0 saturated carbocycles. The third-order valence-corrected chi connectivity index (χ3v) is 2.02. The highest BCUT2D eigenvalue weighted by Gasteiger charge is 1.97. The van der Waals surface area contributed by atoms with Crippen molar-refractivity contribution in [2.45, 2.75) is 32.1 Å². The number of hydrogen-bond donors (Lipinski definition) is 1. The van der Waals surface area contributed by atoms with Crippen LogP contribution >= 0.6 is 0 Å². The zero-order chi connectivity index (χ0) is 7.94. The fraction of sp³-hybridized carbons (Fsp3) is 0.600. The molecule has 0 aromatic carbocycles. The van der Waals surface area contributed by atoms with E-state index in [0.717, 1.165) is 6.42 Å². The summed E-state index contributed by atoms with van der Waals surface area (Å²) in [5.41, 5.74) is 1.39. The van der Waals surface area contributed by atoms with Crippen molar-refractivity contribution in [1.29, 1.82) is 0 Å². The molecule has 11 heavy (non-hydrogen) atoms. The van der Waals surface area contributed by atoms with Crippen LogP contribution in [0.15, 0.2) is 23.8 Å². The summed E-state index contributed by atoms with van der Waals surface area (Å²) in [7, 11) is 0. The largest absolute Gasteiger partial charge is 0.396 e. The zero-order valence-electron chi connectivity index (χ0n) is 6.92. The predicted molar refractivity (Wildman–Crippen MR) is 47.4 cm³/mol. The van der Waals surface area contributed by atoms with Crippen molar-refractivity contribution < 1.29 is 5.11 Å². The van der Waals surface area contributed by atoms with E-state index >= 15 is 0 Å². The van der Waals surface area contributed by atoms with Gasteiger partial charge in [0.1, 0.15) is 0 Å². The summed E-state index contributed by atoms with van der Waals surface area (Å²) in [6.45, 7) is 0.291. The maximum absolute atomic E-state index is 8.72. The summed E-state index contributed by atoms with van der Waals surface area (Å²) in [4.78, 5) is 0. The first-order valence-electron chi connectivity index (χ1n) is 4.39. The maximum Gasteiger partial charge on any atom is 0.0468 e. The molecule has 1 nitrogen and oxygen atoms in total. The number of hydrogen-bond acceptors (Lipinski definition) is 1. The first-order chi connectivity index (χ1) is 5.43. The highest BCUT2D eigenvalue weighted by atomic mass is 16.2. The molecule has 0 saturated heterocycles. The molecular weight excluding hydrogens is 136 g/mol. The van der Waals surface area contributed by atoms with E-state index in [1.54, 1.807) is 0 Å². The Bertz CT molecular complexity index is 156. The van der Waals surface area contributed by atoms with E-state index in [0.29, 0.717) is 6.61 Å². The predicted octanol–water partition coefficient (Wildman–Crippen LogP) is 2.43. The van der Waals surface area contributed by atoms with Crippen molar-refractivity contribution in [2.75, 3.05) is 6.61 Å². The monoisotopic (exact) mass is 152 g/mol. The smallest absolute Gasteiger partial charge is 0.0468 e. The molecule has 1 N–H and O–H groups in total. The van der Waals surface area contributed by atoms with Gasteiger partial charge in [-0.2, -0.15) is 0 Å². The first-order valence-corrected chi connectivity index (χ1v) is 4.39. The molecular formula is C10H16O. The van der Waals surface area contributed by atoms with E-state index in [1.165, 1.54) is 31.3 Å². The second-order valence-electron chi connectivity index (χ2n) is 2.97. The Morgan fingerprint density at radius 2 is 2.27 bits per heavy atom. The molecule has 0 spiro atoms. The van der Waals surface area contributed by atoms with Gasteiger partial charge in [0.05, 0.1) is 0 Å². The fourth-order valence-electron chi connectivity index (χ4n) is 1.35. The molecule has 1 aliphatic rings. The Hall–Kier alpha value is -0.560. The quantitative estimate of drug-likeness (QED) is 0.644. The minimum absolute atomic E-state index is 0.291. The van der Waals surface area contributed by atoms with Gasteiger partial charge in [-0.1, -0.05) is 23.8 Å². The van der Waals surface area contributed by atoms with Crippen LogP contribution in [0.4, 0.5) is 0 Å². The molecule has 0 aromatic heterocycles. The van der Waals surface area contributed by atoms with Crippen LogP contribution in [-0.4, -0.2) is 11.7 Å². The van der Waals surface area contributed by atoms with Gasteiger partial charge in [0.15, 0.2) is 0 Å². The third-order valence-electron chi connectivity index (χ3n) is 2.02. The van der Waals surface area contributed by atoms with Crippen LogP contribution in [0.1, 0.15) is 32.1 Å². The minimum Gasteiger partial charge on any atom is -0.396 e. The first kappa shape index (κ1) is 8.54. The Kier molecular flexibility index (Phi) is 3.99. The number of rotatable bonds is 2. The van der Waals surface area contributed by atoms with Gasteiger partial charge in [0.25, 0.3) is 0 Å². The van der Waals surface area contributed by atoms with E-state index in [4.69, 9.17) is 5.11 Å². The Labute approximate surface area is 68.4 Å². The van der Waals surface area contributed by atoms with E-state index in [1.807, 2.05) is 0 Å². The van der Waals surface area contributed by atoms with Gasteiger partial charge in [-0.3, -0.25) is 0 Å². The lowest BCUT2D eigenvalue weighted by Crippen LogP contribution is -1.90. The Balaban J connectivity index is 2.44. The van der Waals surface area contributed by atoms with Crippen molar-refractivity contribution in [1.82, 2.24) is 0 Å². The van der Waals surface area contributed by atoms with E-state index < -0.39 is 0 Å². The lowest BCUT2D eigenvalue weighted by Gasteiger charge is -2.06. The van der Waals surface area contributed by atoms with E-state index in [9.17, 15) is 0 Å². The van der Waals surface area contributed by atoms with Crippen LogP contribution in [0.25, 0.3) is 0 Å². The molecule has 1 rings (SSSR count). The van der Waals surface area contributed by atoms with Crippen LogP contribution in [0.5, 0.6) is 0 Å². The highest BCUT2D eigenvalue weighted by molar-refractivity contribution is 5.13. The van der Waals surface area contributed by atoms with Crippen molar-refractivity contribution in [3.05, 3.63) is 23.8 Å². The van der Waals surface area contributed by atoms with Crippen LogP contribution in [0.2, 0.25) is 0 Å². The van der Waals surface area contributed by atoms with E-state index in [-0.39, 0.29) is 0 Å². The maximum atomic E-state index is 8.72. The van der Waals surface area contributed by atoms with Crippen LogP contribution in [0.3, 0.4) is 0 Å². The van der Waals surface area contributed by atoms with Gasteiger partial charge in [0.2, 0.25) is 0 Å². The molecule has 0 radical (unpaired) electrons. The van der Waals surface area contributed by atoms with Gasteiger partial charge < -0.3 is 5.11 Å². The van der Waals surface area contributed by atoms with Crippen LogP contribution < -0.4 is 0 Å². The topological polar surface area (TPSA) is 20.2 Å². The third kappa shape index (κ3) is 3.38. The van der Waals surface area contributed by atoms with Gasteiger partial charge in [-0.25, -0.2) is 0 Å². The molecule has 1 heteroatoms. The summed E-state index contributed by atoms with van der Waals surface area (Å²) in [5.74, 6) is 0. The molecule has 0 atom stereocenters. The lowest BCUT2D eigenvalue weighted by molar-refractivity contribution is 0.297. The van der Waals surface area contributed by atoms with Crippen molar-refractivity contribution in [3.8, 4) is 0 Å². The number of aliphatic hydroxyl groups excluding tert-OH is 1.